The van der Waals surface area contributed by atoms with E-state index in [1.165, 1.54) is 18.2 Å². The smallest absolute Gasteiger partial charge is 0.277 e. The van der Waals surface area contributed by atoms with Gasteiger partial charge in [-0.05, 0) is 18.1 Å². The molecule has 0 heterocycles. The highest BCUT2D eigenvalue weighted by molar-refractivity contribution is 5.98. The summed E-state index contributed by atoms with van der Waals surface area (Å²) in [6, 6.07) is 4.05. The van der Waals surface area contributed by atoms with Gasteiger partial charge in [-0.1, -0.05) is 19.9 Å². The summed E-state index contributed by atoms with van der Waals surface area (Å²) in [4.78, 5) is 16.4. The van der Waals surface area contributed by atoms with Crippen molar-refractivity contribution in [3.63, 3.8) is 0 Å². The summed E-state index contributed by atoms with van der Waals surface area (Å²) >= 11 is 0. The van der Waals surface area contributed by atoms with Crippen molar-refractivity contribution < 1.29 is 14.0 Å². The lowest BCUT2D eigenvalue weighted by molar-refractivity contribution is 0.0209. The zero-order valence-corrected chi connectivity index (χ0v) is 9.29. The molecular formula is C11H15FN2O2. The molecule has 0 radical (unpaired) electrons. The van der Waals surface area contributed by atoms with Crippen molar-refractivity contribution in [2.45, 2.75) is 13.8 Å². The molecule has 0 unspecified atom stereocenters. The SMILES string of the molecule is CC(C)CONC(=O)c1cccc(F)c1N. The minimum Gasteiger partial charge on any atom is -0.396 e. The molecule has 1 rings (SSSR count). The van der Waals surface area contributed by atoms with Crippen LogP contribution >= 0.6 is 0 Å². The molecule has 1 aromatic carbocycles. The fraction of sp³-hybridized carbons (Fsp3) is 0.364. The number of hydroxylamine groups is 1. The van der Waals surface area contributed by atoms with Crippen LogP contribution in [-0.2, 0) is 4.84 Å². The number of nitrogen functional groups attached to an aromatic ring is 1. The van der Waals surface area contributed by atoms with E-state index in [1.54, 1.807) is 0 Å². The summed E-state index contributed by atoms with van der Waals surface area (Å²) in [7, 11) is 0. The van der Waals surface area contributed by atoms with Crippen molar-refractivity contribution in [3.8, 4) is 0 Å². The highest BCUT2D eigenvalue weighted by Crippen LogP contribution is 2.15. The number of amides is 1. The number of para-hydroxylation sites is 1. The third kappa shape index (κ3) is 3.20. The summed E-state index contributed by atoms with van der Waals surface area (Å²) in [6.07, 6.45) is 0. The molecule has 1 amide bonds. The number of carbonyl (C=O) groups is 1. The number of halogens is 1. The average Bonchev–Trinajstić information content (AvgIpc) is 2.21. The molecule has 0 aliphatic carbocycles. The quantitative estimate of drug-likeness (QED) is 0.607. The van der Waals surface area contributed by atoms with Crippen LogP contribution in [0.15, 0.2) is 18.2 Å². The Morgan fingerprint density at radius 1 is 1.56 bits per heavy atom. The van der Waals surface area contributed by atoms with Gasteiger partial charge in [0.05, 0.1) is 17.9 Å². The minimum absolute atomic E-state index is 0.0729. The number of nitrogens with two attached hydrogens (primary N) is 1. The Hall–Kier alpha value is -1.62. The van der Waals surface area contributed by atoms with Crippen molar-refractivity contribution in [1.82, 2.24) is 5.48 Å². The van der Waals surface area contributed by atoms with Crippen molar-refractivity contribution in [1.29, 1.82) is 0 Å². The lowest BCUT2D eigenvalue weighted by atomic mass is 10.1. The molecule has 0 spiro atoms. The van der Waals surface area contributed by atoms with E-state index < -0.39 is 11.7 Å². The van der Waals surface area contributed by atoms with Crippen LogP contribution in [0.25, 0.3) is 0 Å². The normalized spacial score (nSPS) is 10.5. The molecule has 1 aromatic rings. The van der Waals surface area contributed by atoms with Gasteiger partial charge in [0.15, 0.2) is 0 Å². The molecule has 0 aromatic heterocycles. The molecule has 0 aliphatic heterocycles. The number of carbonyl (C=O) groups excluding carboxylic acids is 1. The highest BCUT2D eigenvalue weighted by Gasteiger charge is 2.12. The molecule has 3 N–H and O–H groups in total. The summed E-state index contributed by atoms with van der Waals surface area (Å²) in [5, 5.41) is 0. The summed E-state index contributed by atoms with van der Waals surface area (Å²) in [5.41, 5.74) is 7.54. The van der Waals surface area contributed by atoms with Gasteiger partial charge in [0.25, 0.3) is 5.91 Å². The van der Waals surface area contributed by atoms with Gasteiger partial charge < -0.3 is 5.73 Å². The highest BCUT2D eigenvalue weighted by atomic mass is 19.1. The lowest BCUT2D eigenvalue weighted by Gasteiger charge is -2.09. The monoisotopic (exact) mass is 226 g/mol. The van der Waals surface area contributed by atoms with Gasteiger partial charge in [0, 0.05) is 0 Å². The van der Waals surface area contributed by atoms with Crippen LogP contribution in [0.1, 0.15) is 24.2 Å². The van der Waals surface area contributed by atoms with Crippen LogP contribution in [-0.4, -0.2) is 12.5 Å². The molecule has 88 valence electrons. The van der Waals surface area contributed by atoms with Gasteiger partial charge >= 0.3 is 0 Å². The molecule has 0 aliphatic rings. The Balaban J connectivity index is 2.63. The van der Waals surface area contributed by atoms with Gasteiger partial charge in [-0.15, -0.1) is 0 Å². The topological polar surface area (TPSA) is 64.3 Å². The zero-order valence-electron chi connectivity index (χ0n) is 9.29. The number of benzene rings is 1. The standard InChI is InChI=1S/C11H15FN2O2/c1-7(2)6-16-14-11(15)8-4-3-5-9(12)10(8)13/h3-5,7H,6,13H2,1-2H3,(H,14,15). The van der Waals surface area contributed by atoms with Crippen LogP contribution < -0.4 is 11.2 Å². The maximum atomic E-state index is 13.0. The second-order valence-corrected chi connectivity index (χ2v) is 3.84. The van der Waals surface area contributed by atoms with Crippen LogP contribution in [0.4, 0.5) is 10.1 Å². The van der Waals surface area contributed by atoms with Crippen molar-refractivity contribution in [2.24, 2.45) is 5.92 Å². The predicted octanol–water partition coefficient (Wildman–Crippen LogP) is 1.73. The van der Waals surface area contributed by atoms with E-state index in [2.05, 4.69) is 5.48 Å². The third-order valence-electron chi connectivity index (χ3n) is 1.88. The maximum absolute atomic E-state index is 13.0. The minimum atomic E-state index is -0.614. The summed E-state index contributed by atoms with van der Waals surface area (Å²) < 4.78 is 13.0. The fourth-order valence-electron chi connectivity index (χ4n) is 1.06. The predicted molar refractivity (Wildman–Crippen MR) is 59.1 cm³/mol. The number of hydrogen-bond acceptors (Lipinski definition) is 3. The Kier molecular flexibility index (Phi) is 4.25. The molecule has 0 fully saturated rings. The van der Waals surface area contributed by atoms with Gasteiger partial charge in [0.1, 0.15) is 5.82 Å². The van der Waals surface area contributed by atoms with Crippen molar-refractivity contribution >= 4 is 11.6 Å². The summed E-state index contributed by atoms with van der Waals surface area (Å²) in [6.45, 7) is 4.28. The fourth-order valence-corrected chi connectivity index (χ4v) is 1.06. The lowest BCUT2D eigenvalue weighted by Crippen LogP contribution is -2.26. The van der Waals surface area contributed by atoms with Crippen LogP contribution in [0.2, 0.25) is 0 Å². The molecule has 16 heavy (non-hydrogen) atoms. The van der Waals surface area contributed by atoms with E-state index >= 15 is 0 Å². The van der Waals surface area contributed by atoms with Crippen LogP contribution in [0.3, 0.4) is 0 Å². The van der Waals surface area contributed by atoms with E-state index in [4.69, 9.17) is 10.6 Å². The van der Waals surface area contributed by atoms with Crippen LogP contribution in [0.5, 0.6) is 0 Å². The first kappa shape index (κ1) is 12.4. The molecule has 0 bridgehead atoms. The number of anilines is 1. The number of nitrogens with one attached hydrogen (secondary N) is 1. The maximum Gasteiger partial charge on any atom is 0.277 e. The zero-order chi connectivity index (χ0) is 12.1. The van der Waals surface area contributed by atoms with Gasteiger partial charge in [-0.3, -0.25) is 9.63 Å². The Labute approximate surface area is 93.5 Å². The Morgan fingerprint density at radius 3 is 2.88 bits per heavy atom. The molecule has 0 atom stereocenters. The number of hydrogen-bond donors (Lipinski definition) is 2. The van der Waals surface area contributed by atoms with Gasteiger partial charge in [-0.25, -0.2) is 9.87 Å². The second kappa shape index (κ2) is 5.46. The first-order valence-electron chi connectivity index (χ1n) is 4.98. The van der Waals surface area contributed by atoms with Gasteiger partial charge in [-0.2, -0.15) is 0 Å². The first-order chi connectivity index (χ1) is 7.52. The largest absolute Gasteiger partial charge is 0.396 e. The Morgan fingerprint density at radius 2 is 2.25 bits per heavy atom. The van der Waals surface area contributed by atoms with E-state index in [0.29, 0.717) is 12.5 Å². The third-order valence-corrected chi connectivity index (χ3v) is 1.88. The number of rotatable bonds is 4. The first-order valence-corrected chi connectivity index (χ1v) is 4.98. The van der Waals surface area contributed by atoms with E-state index in [-0.39, 0.29) is 11.3 Å². The summed E-state index contributed by atoms with van der Waals surface area (Å²) in [5.74, 6) is -0.862. The van der Waals surface area contributed by atoms with E-state index in [9.17, 15) is 9.18 Å². The molecule has 4 nitrogen and oxygen atoms in total. The van der Waals surface area contributed by atoms with E-state index in [1.807, 2.05) is 13.8 Å². The van der Waals surface area contributed by atoms with E-state index in [0.717, 1.165) is 0 Å². The molecule has 0 saturated carbocycles. The van der Waals surface area contributed by atoms with Gasteiger partial charge in [0.2, 0.25) is 0 Å². The molecule has 5 heteroatoms. The van der Waals surface area contributed by atoms with Crippen molar-refractivity contribution in [2.75, 3.05) is 12.3 Å². The molecular weight excluding hydrogens is 211 g/mol. The Bertz CT molecular complexity index is 380. The molecule has 0 saturated heterocycles. The second-order valence-electron chi connectivity index (χ2n) is 3.84. The van der Waals surface area contributed by atoms with Crippen LogP contribution in [0, 0.1) is 11.7 Å². The van der Waals surface area contributed by atoms with Crippen molar-refractivity contribution in [3.05, 3.63) is 29.6 Å². The average molecular weight is 226 g/mol.